The summed E-state index contributed by atoms with van der Waals surface area (Å²) in [6, 6.07) is 5.92. The van der Waals surface area contributed by atoms with E-state index in [1.165, 1.54) is 12.8 Å². The van der Waals surface area contributed by atoms with Crippen molar-refractivity contribution >= 4 is 28.5 Å². The molecule has 0 radical (unpaired) electrons. The van der Waals surface area contributed by atoms with Crippen LogP contribution >= 0.6 is 11.6 Å². The highest BCUT2D eigenvalue weighted by molar-refractivity contribution is 6.31. The third-order valence-electron chi connectivity index (χ3n) is 4.15. The highest BCUT2D eigenvalue weighted by atomic mass is 35.5. The number of rotatable bonds is 2. The van der Waals surface area contributed by atoms with E-state index < -0.39 is 0 Å². The molecule has 5 nitrogen and oxygen atoms in total. The van der Waals surface area contributed by atoms with Crippen LogP contribution in [0.15, 0.2) is 30.7 Å². The van der Waals surface area contributed by atoms with E-state index in [0.717, 1.165) is 46.2 Å². The molecule has 0 N–H and O–H groups in total. The molecule has 0 aliphatic carbocycles. The Balaban J connectivity index is 1.86. The van der Waals surface area contributed by atoms with Crippen LogP contribution in [-0.4, -0.2) is 32.8 Å². The van der Waals surface area contributed by atoms with E-state index in [9.17, 15) is 0 Å². The van der Waals surface area contributed by atoms with Gasteiger partial charge in [0.05, 0.1) is 17.3 Å². The van der Waals surface area contributed by atoms with Gasteiger partial charge in [-0.15, -0.1) is 0 Å². The van der Waals surface area contributed by atoms with E-state index in [1.54, 1.807) is 6.33 Å². The molecule has 3 heterocycles. The Morgan fingerprint density at radius 2 is 1.95 bits per heavy atom. The minimum absolute atomic E-state index is 0.731. The number of aryl methyl sites for hydroxylation is 1. The van der Waals surface area contributed by atoms with E-state index in [0.29, 0.717) is 0 Å². The summed E-state index contributed by atoms with van der Waals surface area (Å²) in [6.07, 6.45) is 5.89. The van der Waals surface area contributed by atoms with E-state index in [4.69, 9.17) is 11.6 Å². The topological polar surface area (TPSA) is 46.8 Å². The van der Waals surface area contributed by atoms with E-state index in [2.05, 4.69) is 20.0 Å². The van der Waals surface area contributed by atoms with Crippen molar-refractivity contribution < 1.29 is 0 Å². The first-order chi connectivity index (χ1) is 10.7. The van der Waals surface area contributed by atoms with Crippen LogP contribution in [0.4, 0.5) is 5.82 Å². The van der Waals surface area contributed by atoms with Crippen LogP contribution in [-0.2, 0) is 0 Å². The lowest BCUT2D eigenvalue weighted by molar-refractivity contribution is 0.892. The molecule has 4 rings (SSSR count). The molecule has 112 valence electrons. The second-order valence-electron chi connectivity index (χ2n) is 5.62. The molecular formula is C16H16ClN5. The molecule has 1 aromatic carbocycles. The summed E-state index contributed by atoms with van der Waals surface area (Å²) in [4.78, 5) is 11.2. The fourth-order valence-electron chi connectivity index (χ4n) is 2.92. The summed E-state index contributed by atoms with van der Waals surface area (Å²) in [5.41, 5.74) is 2.78. The summed E-state index contributed by atoms with van der Waals surface area (Å²) >= 11 is 6.23. The molecule has 2 aromatic heterocycles. The Morgan fingerprint density at radius 3 is 2.73 bits per heavy atom. The SMILES string of the molecule is Cc1ccc(-n2ncc3c(N4CCCC4)ncnc32)cc1Cl. The number of benzene rings is 1. The third-order valence-corrected chi connectivity index (χ3v) is 4.56. The first-order valence-corrected chi connectivity index (χ1v) is 7.82. The normalized spacial score (nSPS) is 14.9. The lowest BCUT2D eigenvalue weighted by Gasteiger charge is -2.16. The number of anilines is 1. The van der Waals surface area contributed by atoms with Gasteiger partial charge in [0, 0.05) is 18.1 Å². The van der Waals surface area contributed by atoms with Gasteiger partial charge in [-0.3, -0.25) is 0 Å². The maximum absolute atomic E-state index is 6.23. The second-order valence-corrected chi connectivity index (χ2v) is 6.03. The van der Waals surface area contributed by atoms with Crippen LogP contribution < -0.4 is 4.90 Å². The minimum atomic E-state index is 0.731. The fourth-order valence-corrected chi connectivity index (χ4v) is 3.09. The summed E-state index contributed by atoms with van der Waals surface area (Å²) in [5, 5.41) is 6.22. The molecule has 0 atom stereocenters. The largest absolute Gasteiger partial charge is 0.356 e. The molecule has 0 amide bonds. The first-order valence-electron chi connectivity index (χ1n) is 7.44. The van der Waals surface area contributed by atoms with Crippen LogP contribution in [0.2, 0.25) is 5.02 Å². The Bertz CT molecular complexity index is 836. The molecule has 0 unspecified atom stereocenters. The molecule has 22 heavy (non-hydrogen) atoms. The molecule has 6 heteroatoms. The summed E-state index contributed by atoms with van der Waals surface area (Å²) in [6.45, 7) is 4.09. The summed E-state index contributed by atoms with van der Waals surface area (Å²) in [7, 11) is 0. The van der Waals surface area contributed by atoms with Crippen molar-refractivity contribution in [3.8, 4) is 5.69 Å². The van der Waals surface area contributed by atoms with Crippen molar-refractivity contribution in [1.82, 2.24) is 19.7 Å². The lowest BCUT2D eigenvalue weighted by Crippen LogP contribution is -2.19. The van der Waals surface area contributed by atoms with Gasteiger partial charge < -0.3 is 4.90 Å². The standard InChI is InChI=1S/C16H16ClN5/c1-11-4-5-12(8-14(11)17)22-16-13(9-20-22)15(18-10-19-16)21-6-2-3-7-21/h4-5,8-10H,2-3,6-7H2,1H3. The van der Waals surface area contributed by atoms with Crippen molar-refractivity contribution in [3.05, 3.63) is 41.3 Å². The third kappa shape index (κ3) is 2.13. The summed E-state index contributed by atoms with van der Waals surface area (Å²) < 4.78 is 1.82. The lowest BCUT2D eigenvalue weighted by atomic mass is 10.2. The van der Waals surface area contributed by atoms with E-state index in [1.807, 2.05) is 36.0 Å². The van der Waals surface area contributed by atoms with Crippen molar-refractivity contribution in [2.75, 3.05) is 18.0 Å². The molecule has 3 aromatic rings. The van der Waals surface area contributed by atoms with Crippen LogP contribution in [0.5, 0.6) is 0 Å². The monoisotopic (exact) mass is 313 g/mol. The predicted molar refractivity (Wildman–Crippen MR) is 87.9 cm³/mol. The molecule has 0 spiro atoms. The quantitative estimate of drug-likeness (QED) is 0.727. The number of halogens is 1. The highest BCUT2D eigenvalue weighted by Gasteiger charge is 2.19. The molecule has 1 fully saturated rings. The summed E-state index contributed by atoms with van der Waals surface area (Å²) in [5.74, 6) is 0.979. The van der Waals surface area contributed by atoms with Gasteiger partial charge in [-0.05, 0) is 37.5 Å². The van der Waals surface area contributed by atoms with Crippen molar-refractivity contribution in [2.24, 2.45) is 0 Å². The fraction of sp³-hybridized carbons (Fsp3) is 0.312. The van der Waals surface area contributed by atoms with Gasteiger partial charge in [0.25, 0.3) is 0 Å². The molecule has 1 aliphatic heterocycles. The predicted octanol–water partition coefficient (Wildman–Crippen LogP) is 3.38. The van der Waals surface area contributed by atoms with Gasteiger partial charge in [-0.2, -0.15) is 5.10 Å². The number of hydrogen-bond donors (Lipinski definition) is 0. The second kappa shape index (κ2) is 5.25. The van der Waals surface area contributed by atoms with Gasteiger partial charge >= 0.3 is 0 Å². The van der Waals surface area contributed by atoms with Gasteiger partial charge in [0.2, 0.25) is 0 Å². The zero-order valence-corrected chi connectivity index (χ0v) is 13.1. The number of fused-ring (bicyclic) bond motifs is 1. The maximum atomic E-state index is 6.23. The average molecular weight is 314 g/mol. The number of hydrogen-bond acceptors (Lipinski definition) is 4. The molecule has 1 aliphatic rings. The van der Waals surface area contributed by atoms with Gasteiger partial charge in [0.1, 0.15) is 12.1 Å². The number of nitrogens with zero attached hydrogens (tertiary/aromatic N) is 5. The van der Waals surface area contributed by atoms with Crippen molar-refractivity contribution in [3.63, 3.8) is 0 Å². The molecule has 0 bridgehead atoms. The van der Waals surface area contributed by atoms with Crippen LogP contribution in [0.3, 0.4) is 0 Å². The zero-order valence-electron chi connectivity index (χ0n) is 12.3. The van der Waals surface area contributed by atoms with E-state index in [-0.39, 0.29) is 0 Å². The van der Waals surface area contributed by atoms with Gasteiger partial charge in [-0.25, -0.2) is 14.6 Å². The van der Waals surface area contributed by atoms with Crippen LogP contribution in [0.25, 0.3) is 16.7 Å². The molecule has 0 saturated carbocycles. The minimum Gasteiger partial charge on any atom is -0.356 e. The average Bonchev–Trinajstić information content (AvgIpc) is 3.18. The first kappa shape index (κ1) is 13.5. The van der Waals surface area contributed by atoms with Gasteiger partial charge in [-0.1, -0.05) is 17.7 Å². The Kier molecular flexibility index (Phi) is 3.22. The van der Waals surface area contributed by atoms with Crippen molar-refractivity contribution in [1.29, 1.82) is 0 Å². The Hall–Kier alpha value is -2.14. The number of aromatic nitrogens is 4. The zero-order chi connectivity index (χ0) is 15.1. The van der Waals surface area contributed by atoms with Gasteiger partial charge in [0.15, 0.2) is 5.65 Å². The maximum Gasteiger partial charge on any atom is 0.168 e. The van der Waals surface area contributed by atoms with Crippen LogP contribution in [0, 0.1) is 6.92 Å². The van der Waals surface area contributed by atoms with Crippen LogP contribution in [0.1, 0.15) is 18.4 Å². The van der Waals surface area contributed by atoms with E-state index >= 15 is 0 Å². The molecular weight excluding hydrogens is 298 g/mol. The Labute approximate surface area is 133 Å². The molecule has 1 saturated heterocycles. The van der Waals surface area contributed by atoms with Crippen molar-refractivity contribution in [2.45, 2.75) is 19.8 Å². The smallest absolute Gasteiger partial charge is 0.168 e. The Morgan fingerprint density at radius 1 is 1.14 bits per heavy atom. The highest BCUT2D eigenvalue weighted by Crippen LogP contribution is 2.28.